The lowest BCUT2D eigenvalue weighted by Gasteiger charge is -2.06. The maximum absolute atomic E-state index is 12.1. The van der Waals surface area contributed by atoms with Crippen molar-refractivity contribution in [3.05, 3.63) is 36.1 Å². The van der Waals surface area contributed by atoms with Crippen LogP contribution in [0, 0.1) is 5.92 Å². The molecule has 0 N–H and O–H groups in total. The van der Waals surface area contributed by atoms with Crippen molar-refractivity contribution in [2.45, 2.75) is 20.3 Å². The molecule has 0 aliphatic heterocycles. The summed E-state index contributed by atoms with van der Waals surface area (Å²) in [7, 11) is 0. The molecule has 18 heavy (non-hydrogen) atoms. The lowest BCUT2D eigenvalue weighted by Crippen LogP contribution is -2.04. The SMILES string of the molecule is CCC(C)CSCC(=O)c1coc2ccccc12. The smallest absolute Gasteiger partial charge is 0.176 e. The van der Waals surface area contributed by atoms with Gasteiger partial charge in [-0.25, -0.2) is 0 Å². The fourth-order valence-electron chi connectivity index (χ4n) is 1.74. The number of hydrogen-bond donors (Lipinski definition) is 0. The first kappa shape index (κ1) is 13.2. The van der Waals surface area contributed by atoms with E-state index in [1.54, 1.807) is 18.0 Å². The van der Waals surface area contributed by atoms with Gasteiger partial charge in [0.2, 0.25) is 0 Å². The molecular formula is C15H18O2S. The predicted octanol–water partition coefficient (Wildman–Crippen LogP) is 4.39. The Morgan fingerprint density at radius 3 is 2.94 bits per heavy atom. The minimum absolute atomic E-state index is 0.160. The van der Waals surface area contributed by atoms with Gasteiger partial charge in [0, 0.05) is 5.39 Å². The maximum atomic E-state index is 12.1. The first-order chi connectivity index (χ1) is 8.72. The van der Waals surface area contributed by atoms with Gasteiger partial charge in [-0.05, 0) is 17.7 Å². The van der Waals surface area contributed by atoms with Crippen LogP contribution >= 0.6 is 11.8 Å². The van der Waals surface area contributed by atoms with E-state index in [4.69, 9.17) is 4.42 Å². The highest BCUT2D eigenvalue weighted by Gasteiger charge is 2.13. The molecular weight excluding hydrogens is 244 g/mol. The molecule has 0 spiro atoms. The highest BCUT2D eigenvalue weighted by Crippen LogP contribution is 2.22. The van der Waals surface area contributed by atoms with Crippen LogP contribution in [-0.4, -0.2) is 17.3 Å². The zero-order valence-corrected chi connectivity index (χ0v) is 11.6. The number of ketones is 1. The van der Waals surface area contributed by atoms with Crippen LogP contribution in [0.5, 0.6) is 0 Å². The van der Waals surface area contributed by atoms with Gasteiger partial charge in [-0.2, -0.15) is 11.8 Å². The molecule has 96 valence electrons. The molecule has 0 radical (unpaired) electrons. The second kappa shape index (κ2) is 6.10. The zero-order valence-electron chi connectivity index (χ0n) is 10.8. The van der Waals surface area contributed by atoms with Crippen molar-refractivity contribution < 1.29 is 9.21 Å². The zero-order chi connectivity index (χ0) is 13.0. The van der Waals surface area contributed by atoms with Crippen molar-refractivity contribution in [1.82, 2.24) is 0 Å². The van der Waals surface area contributed by atoms with E-state index < -0.39 is 0 Å². The minimum atomic E-state index is 0.160. The van der Waals surface area contributed by atoms with Crippen LogP contribution in [0.4, 0.5) is 0 Å². The summed E-state index contributed by atoms with van der Waals surface area (Å²) in [6, 6.07) is 7.67. The topological polar surface area (TPSA) is 30.2 Å². The molecule has 0 saturated carbocycles. The Balaban J connectivity index is 2.01. The van der Waals surface area contributed by atoms with Crippen molar-refractivity contribution in [2.24, 2.45) is 5.92 Å². The van der Waals surface area contributed by atoms with Gasteiger partial charge >= 0.3 is 0 Å². The highest BCUT2D eigenvalue weighted by atomic mass is 32.2. The number of hydrogen-bond acceptors (Lipinski definition) is 3. The largest absolute Gasteiger partial charge is 0.464 e. The van der Waals surface area contributed by atoms with Crippen LogP contribution in [0.1, 0.15) is 30.6 Å². The molecule has 1 atom stereocenters. The lowest BCUT2D eigenvalue weighted by atomic mass is 10.1. The second-order valence-corrected chi connectivity index (χ2v) is 5.63. The molecule has 0 amide bonds. The summed E-state index contributed by atoms with van der Waals surface area (Å²) in [6.45, 7) is 4.39. The van der Waals surface area contributed by atoms with E-state index in [1.165, 1.54) is 0 Å². The van der Waals surface area contributed by atoms with E-state index in [0.717, 1.165) is 23.1 Å². The third-order valence-electron chi connectivity index (χ3n) is 3.11. The van der Waals surface area contributed by atoms with Gasteiger partial charge in [0.05, 0.1) is 11.3 Å². The van der Waals surface area contributed by atoms with Gasteiger partial charge in [0.15, 0.2) is 5.78 Å². The molecule has 0 aliphatic rings. The number of thioether (sulfide) groups is 1. The van der Waals surface area contributed by atoms with Gasteiger partial charge in [-0.1, -0.05) is 38.5 Å². The van der Waals surface area contributed by atoms with E-state index >= 15 is 0 Å². The van der Waals surface area contributed by atoms with Crippen molar-refractivity contribution in [2.75, 3.05) is 11.5 Å². The van der Waals surface area contributed by atoms with Crippen LogP contribution in [-0.2, 0) is 0 Å². The molecule has 0 aliphatic carbocycles. The summed E-state index contributed by atoms with van der Waals surface area (Å²) in [6.07, 6.45) is 2.74. The van der Waals surface area contributed by atoms with Crippen LogP contribution in [0.3, 0.4) is 0 Å². The number of fused-ring (bicyclic) bond motifs is 1. The number of rotatable bonds is 6. The van der Waals surface area contributed by atoms with Gasteiger partial charge in [-0.3, -0.25) is 4.79 Å². The Morgan fingerprint density at radius 2 is 2.17 bits per heavy atom. The molecule has 2 nitrogen and oxygen atoms in total. The third-order valence-corrected chi connectivity index (χ3v) is 4.38. The van der Waals surface area contributed by atoms with Crippen molar-refractivity contribution in [3.8, 4) is 0 Å². The van der Waals surface area contributed by atoms with E-state index in [-0.39, 0.29) is 5.78 Å². The van der Waals surface area contributed by atoms with E-state index in [2.05, 4.69) is 13.8 Å². The Labute approximate surface area is 112 Å². The number of carbonyl (C=O) groups is 1. The van der Waals surface area contributed by atoms with Crippen molar-refractivity contribution >= 4 is 28.5 Å². The van der Waals surface area contributed by atoms with Gasteiger partial charge in [-0.15, -0.1) is 0 Å². The van der Waals surface area contributed by atoms with Crippen LogP contribution < -0.4 is 0 Å². The Morgan fingerprint density at radius 1 is 1.39 bits per heavy atom. The maximum Gasteiger partial charge on any atom is 0.176 e. The summed E-state index contributed by atoms with van der Waals surface area (Å²) in [5.41, 5.74) is 1.50. The molecule has 1 aromatic carbocycles. The lowest BCUT2D eigenvalue weighted by molar-refractivity contribution is 0.102. The van der Waals surface area contributed by atoms with Gasteiger partial charge in [0.25, 0.3) is 0 Å². The molecule has 0 saturated heterocycles. The standard InChI is InChI=1S/C15H18O2S/c1-3-11(2)9-18-10-14(16)13-8-17-15-7-5-4-6-12(13)15/h4-8,11H,3,9-10H2,1-2H3. The summed E-state index contributed by atoms with van der Waals surface area (Å²) < 4.78 is 5.39. The number of furan rings is 1. The average molecular weight is 262 g/mol. The second-order valence-electron chi connectivity index (χ2n) is 4.60. The van der Waals surface area contributed by atoms with Crippen LogP contribution in [0.2, 0.25) is 0 Å². The summed E-state index contributed by atoms with van der Waals surface area (Å²) in [4.78, 5) is 12.1. The summed E-state index contributed by atoms with van der Waals surface area (Å²) in [5.74, 6) is 2.41. The molecule has 0 fully saturated rings. The molecule has 2 aromatic rings. The molecule has 0 bridgehead atoms. The van der Waals surface area contributed by atoms with E-state index in [9.17, 15) is 4.79 Å². The Bertz CT molecular complexity index is 530. The first-order valence-corrected chi connectivity index (χ1v) is 7.45. The number of benzene rings is 1. The predicted molar refractivity (Wildman–Crippen MR) is 77.3 cm³/mol. The fourth-order valence-corrected chi connectivity index (χ4v) is 2.84. The molecule has 1 unspecified atom stereocenters. The summed E-state index contributed by atoms with van der Waals surface area (Å²) >= 11 is 1.71. The quantitative estimate of drug-likeness (QED) is 0.723. The highest BCUT2D eigenvalue weighted by molar-refractivity contribution is 7.99. The Kier molecular flexibility index (Phi) is 4.48. The van der Waals surface area contributed by atoms with Crippen LogP contribution in [0.15, 0.2) is 34.9 Å². The van der Waals surface area contributed by atoms with Crippen molar-refractivity contribution in [3.63, 3.8) is 0 Å². The molecule has 1 heterocycles. The van der Waals surface area contributed by atoms with Crippen LogP contribution in [0.25, 0.3) is 11.0 Å². The molecule has 1 aromatic heterocycles. The van der Waals surface area contributed by atoms with E-state index in [1.807, 2.05) is 24.3 Å². The number of Topliss-reactive ketones (excluding diaryl/α,β-unsaturated/α-hetero) is 1. The molecule has 2 rings (SSSR count). The minimum Gasteiger partial charge on any atom is -0.464 e. The fraction of sp³-hybridized carbons (Fsp3) is 0.400. The monoisotopic (exact) mass is 262 g/mol. The van der Waals surface area contributed by atoms with Gasteiger partial charge in [0.1, 0.15) is 11.8 Å². The summed E-state index contributed by atoms with van der Waals surface area (Å²) in [5, 5.41) is 0.923. The number of carbonyl (C=O) groups excluding carboxylic acids is 1. The first-order valence-electron chi connectivity index (χ1n) is 6.29. The van der Waals surface area contributed by atoms with Crippen molar-refractivity contribution in [1.29, 1.82) is 0 Å². The normalized spacial score (nSPS) is 12.8. The average Bonchev–Trinajstić information content (AvgIpc) is 2.82. The molecule has 3 heteroatoms. The third kappa shape index (κ3) is 2.96. The Hall–Kier alpha value is -1.22. The van der Waals surface area contributed by atoms with Gasteiger partial charge < -0.3 is 4.42 Å². The van der Waals surface area contributed by atoms with E-state index in [0.29, 0.717) is 17.2 Å². The number of para-hydroxylation sites is 1.